The van der Waals surface area contributed by atoms with Crippen LogP contribution in [0.25, 0.3) is 0 Å². The van der Waals surface area contributed by atoms with E-state index in [0.717, 1.165) is 35.7 Å². The smallest absolute Gasteiger partial charge is 0.242 e. The van der Waals surface area contributed by atoms with Crippen molar-refractivity contribution in [1.29, 1.82) is 0 Å². The summed E-state index contributed by atoms with van der Waals surface area (Å²) in [6.07, 6.45) is 2.22. The topological polar surface area (TPSA) is 61.4 Å². The van der Waals surface area contributed by atoms with Crippen LogP contribution in [-0.4, -0.2) is 40.4 Å². The molecule has 2 aliphatic rings. The molecule has 1 aromatic rings. The lowest BCUT2D eigenvalue weighted by molar-refractivity contribution is -0.130. The number of nitrogens with zero attached hydrogens (tertiary/aromatic N) is 1. The fraction of sp³-hybridized carbons (Fsp3) is 0.500. The van der Waals surface area contributed by atoms with Crippen molar-refractivity contribution in [3.05, 3.63) is 29.8 Å². The van der Waals surface area contributed by atoms with Crippen molar-refractivity contribution in [3.63, 3.8) is 0 Å². The molecule has 0 spiro atoms. The molecule has 1 atom stereocenters. The zero-order valence-corrected chi connectivity index (χ0v) is 14.7. The normalized spacial score (nSPS) is 19.8. The summed E-state index contributed by atoms with van der Waals surface area (Å²) in [5.74, 6) is 1.79. The molecule has 1 unspecified atom stereocenters. The Bertz CT molecular complexity index is 557. The molecule has 1 aliphatic carbocycles. The van der Waals surface area contributed by atoms with Crippen molar-refractivity contribution in [2.75, 3.05) is 16.9 Å². The number of benzene rings is 1. The number of hydrogen-bond acceptors (Lipinski definition) is 4. The van der Waals surface area contributed by atoms with Crippen LogP contribution in [0.4, 0.5) is 5.69 Å². The van der Waals surface area contributed by atoms with Gasteiger partial charge in [-0.25, -0.2) is 0 Å². The van der Waals surface area contributed by atoms with Crippen molar-refractivity contribution in [1.82, 2.24) is 10.2 Å². The number of thioether (sulfide) groups is 1. The van der Waals surface area contributed by atoms with E-state index in [9.17, 15) is 9.59 Å². The van der Waals surface area contributed by atoms with Gasteiger partial charge in [0, 0.05) is 36.8 Å². The second kappa shape index (κ2) is 8.04. The molecule has 2 fully saturated rings. The number of rotatable bonds is 5. The van der Waals surface area contributed by atoms with Gasteiger partial charge in [-0.2, -0.15) is 0 Å². The monoisotopic (exact) mass is 355 g/mol. The van der Waals surface area contributed by atoms with E-state index in [1.54, 1.807) is 18.7 Å². The Kier molecular flexibility index (Phi) is 6.33. The van der Waals surface area contributed by atoms with Crippen LogP contribution in [0.1, 0.15) is 25.3 Å². The first kappa shape index (κ1) is 18.1. The third-order valence-corrected chi connectivity index (χ3v) is 4.94. The van der Waals surface area contributed by atoms with Crippen molar-refractivity contribution in [2.24, 2.45) is 0 Å². The predicted octanol–water partition coefficient (Wildman–Crippen LogP) is 2.22. The molecule has 1 heterocycles. The maximum absolute atomic E-state index is 12.0. The second-order valence-corrected chi connectivity index (χ2v) is 6.87. The van der Waals surface area contributed by atoms with Crippen molar-refractivity contribution < 1.29 is 9.59 Å². The maximum Gasteiger partial charge on any atom is 0.242 e. The quantitative estimate of drug-likeness (QED) is 0.850. The van der Waals surface area contributed by atoms with Gasteiger partial charge in [-0.1, -0.05) is 12.1 Å². The Hall–Kier alpha value is -1.24. The number of hydrogen-bond donors (Lipinski definition) is 2. The largest absolute Gasteiger partial charge is 0.336 e. The van der Waals surface area contributed by atoms with Crippen LogP contribution in [0.5, 0.6) is 0 Å². The first-order chi connectivity index (χ1) is 10.6. The van der Waals surface area contributed by atoms with Crippen LogP contribution in [0.15, 0.2) is 24.3 Å². The fourth-order valence-corrected chi connectivity index (χ4v) is 3.51. The SMILES string of the molecule is CC(=O)N(Cc1ccc(NC(=O)C2CSCN2)cc1)C1CC1.Cl. The van der Waals surface area contributed by atoms with E-state index >= 15 is 0 Å². The minimum atomic E-state index is -0.104. The van der Waals surface area contributed by atoms with Gasteiger partial charge < -0.3 is 10.2 Å². The first-order valence-electron chi connectivity index (χ1n) is 7.61. The summed E-state index contributed by atoms with van der Waals surface area (Å²) in [4.78, 5) is 25.6. The summed E-state index contributed by atoms with van der Waals surface area (Å²) < 4.78 is 0. The molecule has 5 nitrogen and oxygen atoms in total. The lowest BCUT2D eigenvalue weighted by Crippen LogP contribution is -2.37. The highest BCUT2D eigenvalue weighted by Crippen LogP contribution is 2.28. The molecule has 1 aromatic carbocycles. The molecular formula is C16H22ClN3O2S. The summed E-state index contributed by atoms with van der Waals surface area (Å²) in [5.41, 5.74) is 1.89. The van der Waals surface area contributed by atoms with Crippen LogP contribution < -0.4 is 10.6 Å². The highest BCUT2D eigenvalue weighted by molar-refractivity contribution is 7.99. The highest BCUT2D eigenvalue weighted by Gasteiger charge is 2.30. The number of anilines is 1. The van der Waals surface area contributed by atoms with Crippen LogP contribution in [0, 0.1) is 0 Å². The average Bonchev–Trinajstić information content (AvgIpc) is 3.18. The van der Waals surface area contributed by atoms with E-state index in [1.165, 1.54) is 0 Å². The first-order valence-corrected chi connectivity index (χ1v) is 8.77. The highest BCUT2D eigenvalue weighted by atomic mass is 35.5. The number of carbonyl (C=O) groups is 2. The molecule has 1 aliphatic heterocycles. The zero-order chi connectivity index (χ0) is 15.5. The van der Waals surface area contributed by atoms with E-state index in [1.807, 2.05) is 29.2 Å². The Morgan fingerprint density at radius 2 is 2.00 bits per heavy atom. The van der Waals surface area contributed by atoms with Gasteiger partial charge in [-0.3, -0.25) is 14.9 Å². The van der Waals surface area contributed by atoms with Gasteiger partial charge in [0.2, 0.25) is 11.8 Å². The lowest BCUT2D eigenvalue weighted by Gasteiger charge is -2.20. The summed E-state index contributed by atoms with van der Waals surface area (Å²) in [6, 6.07) is 8.08. The average molecular weight is 356 g/mol. The molecular weight excluding hydrogens is 334 g/mol. The minimum Gasteiger partial charge on any atom is -0.336 e. The number of nitrogens with one attached hydrogen (secondary N) is 2. The molecule has 23 heavy (non-hydrogen) atoms. The molecule has 0 radical (unpaired) electrons. The fourth-order valence-electron chi connectivity index (χ4n) is 2.57. The van der Waals surface area contributed by atoms with E-state index < -0.39 is 0 Å². The van der Waals surface area contributed by atoms with Gasteiger partial charge in [0.05, 0.1) is 6.04 Å². The number of amides is 2. The zero-order valence-electron chi connectivity index (χ0n) is 13.1. The van der Waals surface area contributed by atoms with Gasteiger partial charge >= 0.3 is 0 Å². The standard InChI is InChI=1S/C16H21N3O2S.ClH/c1-11(20)19(14-6-7-14)8-12-2-4-13(5-3-12)18-16(21)15-9-22-10-17-15;/h2-5,14-15,17H,6-10H2,1H3,(H,18,21);1H. The van der Waals surface area contributed by atoms with Gasteiger partial charge in [0.25, 0.3) is 0 Å². The molecule has 3 rings (SSSR count). The number of halogens is 1. The van der Waals surface area contributed by atoms with E-state index in [-0.39, 0.29) is 30.3 Å². The Morgan fingerprint density at radius 3 is 2.52 bits per heavy atom. The molecule has 2 amide bonds. The maximum atomic E-state index is 12.0. The van der Waals surface area contributed by atoms with Gasteiger partial charge in [0.1, 0.15) is 0 Å². The third kappa shape index (κ3) is 4.86. The molecule has 2 N–H and O–H groups in total. The minimum absolute atomic E-state index is 0. The molecule has 126 valence electrons. The van der Waals surface area contributed by atoms with Gasteiger partial charge in [-0.05, 0) is 30.5 Å². The summed E-state index contributed by atoms with van der Waals surface area (Å²) in [5, 5.41) is 6.08. The molecule has 1 saturated carbocycles. The van der Waals surface area contributed by atoms with Crippen molar-refractivity contribution in [3.8, 4) is 0 Å². The second-order valence-electron chi connectivity index (χ2n) is 5.84. The lowest BCUT2D eigenvalue weighted by atomic mass is 10.2. The Morgan fingerprint density at radius 1 is 1.30 bits per heavy atom. The predicted molar refractivity (Wildman–Crippen MR) is 95.8 cm³/mol. The number of carbonyl (C=O) groups excluding carboxylic acids is 2. The third-order valence-electron chi connectivity index (χ3n) is 4.00. The molecule has 0 aromatic heterocycles. The van der Waals surface area contributed by atoms with E-state index in [0.29, 0.717) is 12.6 Å². The molecule has 7 heteroatoms. The van der Waals surface area contributed by atoms with Crippen LogP contribution in [0.3, 0.4) is 0 Å². The summed E-state index contributed by atoms with van der Waals surface area (Å²) in [6.45, 7) is 2.27. The van der Waals surface area contributed by atoms with Crippen molar-refractivity contribution >= 4 is 41.7 Å². The van der Waals surface area contributed by atoms with Crippen molar-refractivity contribution in [2.45, 2.75) is 38.4 Å². The van der Waals surface area contributed by atoms with Gasteiger partial charge in [-0.15, -0.1) is 24.2 Å². The summed E-state index contributed by atoms with van der Waals surface area (Å²) >= 11 is 1.73. The molecule has 0 bridgehead atoms. The molecule has 1 saturated heterocycles. The Balaban J connectivity index is 0.00000192. The van der Waals surface area contributed by atoms with Crippen LogP contribution in [0.2, 0.25) is 0 Å². The van der Waals surface area contributed by atoms with Gasteiger partial charge in [0.15, 0.2) is 0 Å². The van der Waals surface area contributed by atoms with E-state index in [2.05, 4.69) is 10.6 Å². The van der Waals surface area contributed by atoms with Crippen LogP contribution in [-0.2, 0) is 16.1 Å². The van der Waals surface area contributed by atoms with Crippen LogP contribution >= 0.6 is 24.2 Å². The summed E-state index contributed by atoms with van der Waals surface area (Å²) in [7, 11) is 0. The van der Waals surface area contributed by atoms with E-state index in [4.69, 9.17) is 0 Å². The Labute approximate surface area is 147 Å².